The Bertz CT molecular complexity index is 2110. The van der Waals surface area contributed by atoms with Crippen molar-refractivity contribution in [1.82, 2.24) is 20.6 Å². The Kier molecular flexibility index (Phi) is 14.0. The number of allylic oxidation sites excluding steroid dienone is 2. The number of nitrogens with one attached hydrogen (secondary N) is 3. The van der Waals surface area contributed by atoms with Gasteiger partial charge in [0.15, 0.2) is 6.29 Å². The molecule has 17 heteroatoms. The number of carboxylic acid groups (broad SMARTS) is 1. The Labute approximate surface area is 413 Å². The van der Waals surface area contributed by atoms with Crippen LogP contribution < -0.4 is 16.4 Å². The summed E-state index contributed by atoms with van der Waals surface area (Å²) in [6.07, 6.45) is 5.03. The van der Waals surface area contributed by atoms with Crippen LogP contribution in [0, 0.1) is 73.4 Å². The van der Waals surface area contributed by atoms with Gasteiger partial charge in [-0.3, -0.25) is 9.59 Å². The molecular formula is C53H85N5O12. The number of carbonyl (C=O) groups is 2. The maximum atomic E-state index is 14.9. The number of ether oxygens (including phenoxy) is 2. The van der Waals surface area contributed by atoms with Crippen molar-refractivity contribution >= 4 is 11.9 Å². The van der Waals surface area contributed by atoms with Gasteiger partial charge in [-0.05, 0) is 135 Å². The van der Waals surface area contributed by atoms with Gasteiger partial charge in [0, 0.05) is 48.3 Å². The average Bonchev–Trinajstić information content (AvgIpc) is 4.10. The van der Waals surface area contributed by atoms with Gasteiger partial charge in [0.1, 0.15) is 24.5 Å². The van der Waals surface area contributed by atoms with Gasteiger partial charge in [-0.25, -0.2) is 4.98 Å². The molecule has 5 saturated carbocycles. The molecule has 1 aromatic heterocycles. The first kappa shape index (κ1) is 52.3. The molecule has 6 aliphatic carbocycles. The molecule has 2 saturated heterocycles. The zero-order valence-corrected chi connectivity index (χ0v) is 42.4. The lowest BCUT2D eigenvalue weighted by molar-refractivity contribution is -0.340. The van der Waals surface area contributed by atoms with Crippen molar-refractivity contribution in [3.05, 3.63) is 29.9 Å². The Hall–Kier alpha value is -2.55. The van der Waals surface area contributed by atoms with Crippen LogP contribution in [0.3, 0.4) is 0 Å². The number of imidazole rings is 1. The van der Waals surface area contributed by atoms with E-state index in [1.807, 2.05) is 14.0 Å². The number of hydrogen-bond donors (Lipinski definition) is 12. The summed E-state index contributed by atoms with van der Waals surface area (Å²) in [7, 11) is 1.81. The number of hydrogen-bond acceptors (Lipinski definition) is 14. The van der Waals surface area contributed by atoms with Crippen LogP contribution in [0.2, 0.25) is 0 Å². The molecular weight excluding hydrogens is 899 g/mol. The molecule has 0 bridgehead atoms. The van der Waals surface area contributed by atoms with E-state index in [0.717, 1.165) is 25.0 Å². The van der Waals surface area contributed by atoms with Gasteiger partial charge in [-0.15, -0.1) is 0 Å². The number of aliphatic carboxylic acids is 1. The maximum absolute atomic E-state index is 14.9. The van der Waals surface area contributed by atoms with E-state index in [1.54, 1.807) is 12.5 Å². The van der Waals surface area contributed by atoms with E-state index in [0.29, 0.717) is 77.2 Å². The molecule has 0 radical (unpaired) electrons. The number of nitrogens with zero attached hydrogens (tertiary/aromatic N) is 1. The average molecular weight is 984 g/mol. The highest BCUT2D eigenvalue weighted by Gasteiger charge is 2.74. The highest BCUT2D eigenvalue weighted by Crippen LogP contribution is 2.77. The zero-order chi connectivity index (χ0) is 50.6. The molecule has 1 amide bonds. The molecule has 0 aromatic carbocycles. The SMILES string of the molecule is CNC[C@H](C[C@@H](c1cnc[nH]1)[C@@H]1NC(=O)C2(CCCC2)[C@H]1C[C@@H]1[C@@H](O)[C@@H](O[C@@H]2OC[C@@H](O)[C@H](O)[C@H]2O)[C@@](C)(CO)[C@H]2CC[C@]3(C)[C@H](CC=C4[C@@H]5C[C@@](C)(CO)CC[C@]5(C(=O)O)CC[C@]43C)[C@@]12C)[C@@H](N)O. The standard InChI is InChI=1S/C53H85N5O12/c1-47(25-59)15-17-53(46(67)68)18-16-49(3)30(33(53)21-47)9-10-37-50(49,4)14-11-36-48(2,26-60)42(70-44-41(64)40(63)35(61)24-69-44)39(62)32(51(36,37)5)20-31-38(58-45(66)52(31)12-7-8-13-52)29(34-23-56-27-57-34)19-28(22-55-6)43(54)65/h9,23,27-29,31-33,35-44,55,59-65H,7-8,10-22,24-26,54H2,1-6H3,(H,56,57)(H,58,66)(H,67,68)/t28-,29-,31-,32+,33-,35+,36+,37-,38-,39+,40-,41+,42+,43-,44-,47-,48-,49+,50+,51-,53-/m0/s1. The van der Waals surface area contributed by atoms with Crippen molar-refractivity contribution in [3.8, 4) is 0 Å². The van der Waals surface area contributed by atoms with Gasteiger partial charge < -0.3 is 71.7 Å². The maximum Gasteiger partial charge on any atom is 0.310 e. The van der Waals surface area contributed by atoms with Gasteiger partial charge in [-0.2, -0.15) is 0 Å². The largest absolute Gasteiger partial charge is 0.481 e. The van der Waals surface area contributed by atoms with Crippen molar-refractivity contribution < 1.29 is 59.9 Å². The second-order valence-corrected chi connectivity index (χ2v) is 25.3. The van der Waals surface area contributed by atoms with Crippen LogP contribution in [0.25, 0.3) is 0 Å². The van der Waals surface area contributed by atoms with E-state index >= 15 is 0 Å². The third-order valence-corrected chi connectivity index (χ3v) is 22.3. The molecule has 17 nitrogen and oxygen atoms in total. The smallest absolute Gasteiger partial charge is 0.310 e. The van der Waals surface area contributed by atoms with Crippen LogP contribution in [0.4, 0.5) is 0 Å². The third kappa shape index (κ3) is 7.66. The molecule has 7 fully saturated rings. The number of amides is 1. The molecule has 21 atom stereocenters. The Morgan fingerprint density at radius 1 is 0.957 bits per heavy atom. The Morgan fingerprint density at radius 3 is 2.30 bits per heavy atom. The van der Waals surface area contributed by atoms with E-state index in [9.17, 15) is 50.4 Å². The minimum Gasteiger partial charge on any atom is -0.481 e. The minimum absolute atomic E-state index is 0.0148. The first-order valence-electron chi connectivity index (χ1n) is 26.6. The number of rotatable bonds is 14. The van der Waals surface area contributed by atoms with Crippen molar-refractivity contribution in [2.24, 2.45) is 79.1 Å². The summed E-state index contributed by atoms with van der Waals surface area (Å²) in [5, 5.41) is 97.5. The summed E-state index contributed by atoms with van der Waals surface area (Å²) >= 11 is 0. The zero-order valence-electron chi connectivity index (χ0n) is 42.4. The van der Waals surface area contributed by atoms with Crippen molar-refractivity contribution in [1.29, 1.82) is 0 Å². The van der Waals surface area contributed by atoms with Crippen LogP contribution >= 0.6 is 0 Å². The van der Waals surface area contributed by atoms with Crippen molar-refractivity contribution in [2.75, 3.05) is 33.4 Å². The van der Waals surface area contributed by atoms with Crippen molar-refractivity contribution in [2.45, 2.75) is 180 Å². The van der Waals surface area contributed by atoms with E-state index in [-0.39, 0.29) is 61.2 Å². The molecule has 13 N–H and O–H groups in total. The fourth-order valence-electron chi connectivity index (χ4n) is 18.0. The monoisotopic (exact) mass is 984 g/mol. The number of carbonyl (C=O) groups excluding carboxylic acids is 1. The van der Waals surface area contributed by atoms with E-state index in [4.69, 9.17) is 15.2 Å². The fourth-order valence-corrected chi connectivity index (χ4v) is 18.0. The number of nitrogens with two attached hydrogens (primary N) is 1. The van der Waals surface area contributed by atoms with Gasteiger partial charge in [0.05, 0.1) is 42.6 Å². The number of carboxylic acids is 1. The quantitative estimate of drug-likeness (QED) is 0.0725. The van der Waals surface area contributed by atoms with Crippen molar-refractivity contribution in [3.63, 3.8) is 0 Å². The van der Waals surface area contributed by atoms with E-state index in [2.05, 4.69) is 54.4 Å². The molecule has 3 heterocycles. The first-order chi connectivity index (χ1) is 33.1. The Balaban J connectivity index is 1.20. The number of fused-ring (bicyclic) bond motifs is 7. The molecule has 70 heavy (non-hydrogen) atoms. The van der Waals surface area contributed by atoms with Crippen LogP contribution in [0.15, 0.2) is 24.2 Å². The molecule has 9 rings (SSSR count). The topological polar surface area (TPSA) is 293 Å². The van der Waals surface area contributed by atoms with Crippen LogP contribution in [0.1, 0.15) is 136 Å². The summed E-state index contributed by atoms with van der Waals surface area (Å²) in [6, 6.07) is -0.455. The lowest BCUT2D eigenvalue weighted by atomic mass is 9.31. The Morgan fingerprint density at radius 2 is 1.67 bits per heavy atom. The second-order valence-electron chi connectivity index (χ2n) is 25.3. The van der Waals surface area contributed by atoms with Gasteiger partial charge in [0.25, 0.3) is 0 Å². The van der Waals surface area contributed by atoms with Crippen LogP contribution in [0.5, 0.6) is 0 Å². The number of aromatic amines is 1. The van der Waals surface area contributed by atoms with E-state index in [1.165, 1.54) is 5.57 Å². The first-order valence-corrected chi connectivity index (χ1v) is 26.6. The van der Waals surface area contributed by atoms with Gasteiger partial charge in [0.2, 0.25) is 5.91 Å². The number of aromatic nitrogens is 2. The molecule has 1 spiro atoms. The summed E-state index contributed by atoms with van der Waals surface area (Å²) < 4.78 is 12.6. The number of aliphatic hydroxyl groups is 7. The molecule has 394 valence electrons. The number of aliphatic hydroxyl groups excluding tert-OH is 7. The summed E-state index contributed by atoms with van der Waals surface area (Å²) in [5.41, 5.74) is 3.46. The predicted molar refractivity (Wildman–Crippen MR) is 257 cm³/mol. The van der Waals surface area contributed by atoms with Crippen LogP contribution in [-0.2, 0) is 19.1 Å². The lowest BCUT2D eigenvalue weighted by Gasteiger charge is -2.73. The minimum atomic E-state index is -1.64. The molecule has 8 aliphatic rings. The summed E-state index contributed by atoms with van der Waals surface area (Å²) in [6.45, 7) is 10.8. The van der Waals surface area contributed by atoms with Gasteiger partial charge >= 0.3 is 5.97 Å². The van der Waals surface area contributed by atoms with Gasteiger partial charge in [-0.1, -0.05) is 59.1 Å². The normalized spacial score (nSPS) is 47.8. The third-order valence-electron chi connectivity index (χ3n) is 22.3. The highest BCUT2D eigenvalue weighted by atomic mass is 16.7. The predicted octanol–water partition coefficient (Wildman–Crippen LogP) is 2.91. The lowest BCUT2D eigenvalue weighted by Crippen LogP contribution is -2.72. The number of H-pyrrole nitrogens is 1. The second kappa shape index (κ2) is 18.7. The van der Waals surface area contributed by atoms with Crippen LogP contribution in [-0.4, -0.2) is 145 Å². The summed E-state index contributed by atoms with van der Waals surface area (Å²) in [4.78, 5) is 36.2. The highest BCUT2D eigenvalue weighted by molar-refractivity contribution is 5.86. The van der Waals surface area contributed by atoms with E-state index < -0.39 is 98.9 Å². The molecule has 0 unspecified atom stereocenters. The molecule has 2 aliphatic heterocycles. The fraction of sp³-hybridized carbons (Fsp3) is 0.868. The molecule has 1 aromatic rings. The summed E-state index contributed by atoms with van der Waals surface area (Å²) in [5.74, 6) is -3.02.